The molecule has 1 aliphatic heterocycles. The second kappa shape index (κ2) is 6.85. The second-order valence-electron chi connectivity index (χ2n) is 6.11. The predicted octanol–water partition coefficient (Wildman–Crippen LogP) is 2.10. The number of carbonyl (C=O) groups excluding carboxylic acids is 1. The fourth-order valence-corrected chi connectivity index (χ4v) is 5.40. The standard InChI is InChI=1S/C15H20N4O4S2/c1-9-8-24-15(16-9)17-14(20)12-4-6-19(7-5-12)25(21,22)13-10(2)18-23-11(13)3/h8,12H,4-7H2,1-3H3,(H,16,17,20). The first-order chi connectivity index (χ1) is 11.8. The van der Waals surface area contributed by atoms with E-state index in [9.17, 15) is 13.2 Å². The van der Waals surface area contributed by atoms with E-state index in [1.807, 2.05) is 12.3 Å². The third-order valence-corrected chi connectivity index (χ3v) is 7.26. The van der Waals surface area contributed by atoms with E-state index >= 15 is 0 Å². The van der Waals surface area contributed by atoms with Gasteiger partial charge in [0.05, 0.1) is 5.69 Å². The lowest BCUT2D eigenvalue weighted by Gasteiger charge is -2.30. The van der Waals surface area contributed by atoms with Gasteiger partial charge in [0, 0.05) is 24.4 Å². The number of amides is 1. The maximum absolute atomic E-state index is 12.8. The Morgan fingerprint density at radius 2 is 2.00 bits per heavy atom. The topological polar surface area (TPSA) is 105 Å². The number of thiazole rings is 1. The highest BCUT2D eigenvalue weighted by Gasteiger charge is 2.35. The molecule has 136 valence electrons. The normalized spacial score (nSPS) is 16.9. The van der Waals surface area contributed by atoms with Crippen LogP contribution in [-0.4, -0.2) is 41.9 Å². The molecule has 0 aromatic carbocycles. The zero-order chi connectivity index (χ0) is 18.2. The van der Waals surface area contributed by atoms with Crippen LogP contribution in [0, 0.1) is 26.7 Å². The van der Waals surface area contributed by atoms with Crippen LogP contribution in [0.25, 0.3) is 0 Å². The molecule has 1 amide bonds. The van der Waals surface area contributed by atoms with Gasteiger partial charge in [-0.05, 0) is 33.6 Å². The molecule has 0 radical (unpaired) electrons. The van der Waals surface area contributed by atoms with Crippen molar-refractivity contribution in [2.24, 2.45) is 5.92 Å². The minimum atomic E-state index is -3.65. The Hall–Kier alpha value is -1.78. The number of carbonyl (C=O) groups is 1. The smallest absolute Gasteiger partial charge is 0.248 e. The van der Waals surface area contributed by atoms with E-state index in [0.717, 1.165) is 5.69 Å². The Bertz CT molecular complexity index is 860. The maximum Gasteiger partial charge on any atom is 0.248 e. The number of aromatic nitrogens is 2. The van der Waals surface area contributed by atoms with Crippen molar-refractivity contribution < 1.29 is 17.7 Å². The van der Waals surface area contributed by atoms with Crippen molar-refractivity contribution in [1.29, 1.82) is 0 Å². The van der Waals surface area contributed by atoms with E-state index in [1.54, 1.807) is 13.8 Å². The van der Waals surface area contributed by atoms with Crippen LogP contribution >= 0.6 is 11.3 Å². The molecule has 0 bridgehead atoms. The van der Waals surface area contributed by atoms with Crippen molar-refractivity contribution in [3.63, 3.8) is 0 Å². The highest BCUT2D eigenvalue weighted by Crippen LogP contribution is 2.28. The molecular formula is C15H20N4O4S2. The Labute approximate surface area is 150 Å². The van der Waals surface area contributed by atoms with Gasteiger partial charge in [-0.2, -0.15) is 4.31 Å². The van der Waals surface area contributed by atoms with Crippen LogP contribution in [0.2, 0.25) is 0 Å². The van der Waals surface area contributed by atoms with Crippen LogP contribution in [0.1, 0.15) is 30.0 Å². The molecule has 0 aliphatic carbocycles. The number of nitrogens with zero attached hydrogens (tertiary/aromatic N) is 3. The van der Waals surface area contributed by atoms with Crippen molar-refractivity contribution in [2.45, 2.75) is 38.5 Å². The number of hydrogen-bond donors (Lipinski definition) is 1. The summed E-state index contributed by atoms with van der Waals surface area (Å²) < 4.78 is 31.9. The predicted molar refractivity (Wildman–Crippen MR) is 92.9 cm³/mol. The van der Waals surface area contributed by atoms with Gasteiger partial charge in [-0.3, -0.25) is 4.79 Å². The molecule has 25 heavy (non-hydrogen) atoms. The highest BCUT2D eigenvalue weighted by atomic mass is 32.2. The zero-order valence-corrected chi connectivity index (χ0v) is 15.9. The van der Waals surface area contributed by atoms with Gasteiger partial charge in [0.15, 0.2) is 10.9 Å². The van der Waals surface area contributed by atoms with Gasteiger partial charge < -0.3 is 9.84 Å². The summed E-state index contributed by atoms with van der Waals surface area (Å²) >= 11 is 1.38. The van der Waals surface area contributed by atoms with E-state index in [1.165, 1.54) is 15.6 Å². The van der Waals surface area contributed by atoms with Gasteiger partial charge in [0.1, 0.15) is 10.6 Å². The molecule has 0 saturated carbocycles. The lowest BCUT2D eigenvalue weighted by atomic mass is 9.97. The fourth-order valence-electron chi connectivity index (χ4n) is 2.95. The molecule has 2 aromatic heterocycles. The molecule has 1 aliphatic rings. The first-order valence-corrected chi connectivity index (χ1v) is 10.3. The van der Waals surface area contributed by atoms with E-state index in [0.29, 0.717) is 36.8 Å². The minimum Gasteiger partial charge on any atom is -0.360 e. The molecular weight excluding hydrogens is 364 g/mol. The van der Waals surface area contributed by atoms with Crippen LogP contribution < -0.4 is 5.32 Å². The Balaban J connectivity index is 1.64. The largest absolute Gasteiger partial charge is 0.360 e. The number of anilines is 1. The van der Waals surface area contributed by atoms with E-state index in [4.69, 9.17) is 4.52 Å². The Kier molecular flexibility index (Phi) is 4.94. The SMILES string of the molecule is Cc1csc(NC(=O)C2CCN(S(=O)(=O)c3c(C)noc3C)CC2)n1. The summed E-state index contributed by atoms with van der Waals surface area (Å²) in [5.74, 6) is -0.0411. The fraction of sp³-hybridized carbons (Fsp3) is 0.533. The summed E-state index contributed by atoms with van der Waals surface area (Å²) in [6.07, 6.45) is 0.942. The van der Waals surface area contributed by atoms with Crippen LogP contribution in [-0.2, 0) is 14.8 Å². The molecule has 3 rings (SSSR count). The molecule has 1 N–H and O–H groups in total. The Morgan fingerprint density at radius 1 is 1.32 bits per heavy atom. The van der Waals surface area contributed by atoms with E-state index in [2.05, 4.69) is 15.5 Å². The summed E-state index contributed by atoms with van der Waals surface area (Å²) in [6, 6.07) is 0. The van der Waals surface area contributed by atoms with Crippen LogP contribution in [0.5, 0.6) is 0 Å². The summed E-state index contributed by atoms with van der Waals surface area (Å²) in [7, 11) is -3.65. The van der Waals surface area contributed by atoms with Crippen molar-refractivity contribution in [3.8, 4) is 0 Å². The van der Waals surface area contributed by atoms with Crippen LogP contribution in [0.15, 0.2) is 14.8 Å². The number of piperidine rings is 1. The quantitative estimate of drug-likeness (QED) is 0.865. The first-order valence-electron chi connectivity index (χ1n) is 7.95. The molecule has 10 heteroatoms. The second-order valence-corrected chi connectivity index (χ2v) is 8.85. The number of aryl methyl sites for hydroxylation is 3. The number of hydrogen-bond acceptors (Lipinski definition) is 7. The lowest BCUT2D eigenvalue weighted by molar-refractivity contribution is -0.120. The average Bonchev–Trinajstić information content (AvgIpc) is 3.13. The average molecular weight is 384 g/mol. The number of sulfonamides is 1. The van der Waals surface area contributed by atoms with Gasteiger partial charge in [-0.1, -0.05) is 5.16 Å². The molecule has 0 spiro atoms. The third-order valence-electron chi connectivity index (χ3n) is 4.24. The van der Waals surface area contributed by atoms with Gasteiger partial charge in [-0.25, -0.2) is 13.4 Å². The van der Waals surface area contributed by atoms with E-state index < -0.39 is 10.0 Å². The van der Waals surface area contributed by atoms with Gasteiger partial charge >= 0.3 is 0 Å². The number of rotatable bonds is 4. The minimum absolute atomic E-state index is 0.108. The van der Waals surface area contributed by atoms with Gasteiger partial charge in [0.25, 0.3) is 0 Å². The third kappa shape index (κ3) is 3.60. The lowest BCUT2D eigenvalue weighted by Crippen LogP contribution is -2.41. The van der Waals surface area contributed by atoms with Crippen LogP contribution in [0.4, 0.5) is 5.13 Å². The molecule has 0 atom stereocenters. The molecule has 1 saturated heterocycles. The summed E-state index contributed by atoms with van der Waals surface area (Å²) in [5, 5.41) is 8.97. The molecule has 8 nitrogen and oxygen atoms in total. The van der Waals surface area contributed by atoms with Crippen molar-refractivity contribution in [2.75, 3.05) is 18.4 Å². The molecule has 3 heterocycles. The Morgan fingerprint density at radius 3 is 2.52 bits per heavy atom. The van der Waals surface area contributed by atoms with Crippen molar-refractivity contribution in [3.05, 3.63) is 22.5 Å². The molecule has 1 fully saturated rings. The van der Waals surface area contributed by atoms with Crippen LogP contribution in [0.3, 0.4) is 0 Å². The van der Waals surface area contributed by atoms with Crippen molar-refractivity contribution >= 4 is 32.4 Å². The van der Waals surface area contributed by atoms with E-state index in [-0.39, 0.29) is 22.5 Å². The molecule has 2 aromatic rings. The molecule has 0 unspecified atom stereocenters. The summed E-state index contributed by atoms with van der Waals surface area (Å²) in [6.45, 7) is 5.65. The monoisotopic (exact) mass is 384 g/mol. The zero-order valence-electron chi connectivity index (χ0n) is 14.3. The summed E-state index contributed by atoms with van der Waals surface area (Å²) in [5.41, 5.74) is 1.22. The highest BCUT2D eigenvalue weighted by molar-refractivity contribution is 7.89. The maximum atomic E-state index is 12.8. The van der Waals surface area contributed by atoms with Crippen molar-refractivity contribution in [1.82, 2.24) is 14.4 Å². The number of nitrogens with one attached hydrogen (secondary N) is 1. The first kappa shape index (κ1) is 18.0. The van der Waals surface area contributed by atoms with Gasteiger partial charge in [-0.15, -0.1) is 11.3 Å². The van der Waals surface area contributed by atoms with Gasteiger partial charge in [0.2, 0.25) is 15.9 Å². The summed E-state index contributed by atoms with van der Waals surface area (Å²) in [4.78, 5) is 16.7.